The van der Waals surface area contributed by atoms with Gasteiger partial charge < -0.3 is 20.5 Å². The number of benzene rings is 1. The maximum Gasteiger partial charge on any atom is 0.404 e. The Kier molecular flexibility index (Phi) is 6.74. The maximum absolute atomic E-state index is 11.7. The number of pyridine rings is 1. The van der Waals surface area contributed by atoms with Crippen molar-refractivity contribution in [2.24, 2.45) is 5.73 Å². The number of primary amides is 1. The highest BCUT2D eigenvalue weighted by Crippen LogP contribution is 2.40. The number of nitrogens with zero attached hydrogens (tertiary/aromatic N) is 2. The van der Waals surface area contributed by atoms with E-state index in [0.29, 0.717) is 0 Å². The van der Waals surface area contributed by atoms with Gasteiger partial charge in [0, 0.05) is 18.3 Å². The minimum Gasteiger partial charge on any atom is -0.456 e. The molecule has 2 amide bonds. The molecule has 2 aromatic rings. The molecule has 0 aliphatic carbocycles. The Balaban J connectivity index is 2.08. The number of nitro benzene ring substituents is 1. The summed E-state index contributed by atoms with van der Waals surface area (Å²) < 4.78 is 10.0. The summed E-state index contributed by atoms with van der Waals surface area (Å²) in [6.07, 6.45) is 0.278. The molecule has 12 heteroatoms. The van der Waals surface area contributed by atoms with Crippen LogP contribution < -0.4 is 15.8 Å². The third-order valence-electron chi connectivity index (χ3n) is 3.02. The highest BCUT2D eigenvalue weighted by Gasteiger charge is 2.19. The number of aromatic nitrogens is 1. The fourth-order valence-corrected chi connectivity index (χ4v) is 2.28. The smallest absolute Gasteiger partial charge is 0.404 e. The topological polar surface area (TPSA) is 147 Å². The molecule has 0 spiro atoms. The number of amides is 2. The average Bonchev–Trinajstić information content (AvgIpc) is 2.58. The molecule has 1 heterocycles. The lowest BCUT2D eigenvalue weighted by Crippen LogP contribution is -2.19. The van der Waals surface area contributed by atoms with Gasteiger partial charge in [-0.15, -0.1) is 0 Å². The minimum absolute atomic E-state index is 0.0885. The summed E-state index contributed by atoms with van der Waals surface area (Å²) in [6.45, 7) is -0.172. The molecule has 0 saturated carbocycles. The van der Waals surface area contributed by atoms with E-state index in [9.17, 15) is 19.7 Å². The van der Waals surface area contributed by atoms with Crippen LogP contribution in [-0.4, -0.2) is 28.5 Å². The number of anilines is 1. The van der Waals surface area contributed by atoms with Crippen LogP contribution in [0, 0.1) is 10.1 Å². The van der Waals surface area contributed by atoms with Crippen molar-refractivity contribution in [2.75, 3.05) is 11.9 Å². The van der Waals surface area contributed by atoms with Crippen LogP contribution in [0.3, 0.4) is 0 Å². The van der Waals surface area contributed by atoms with E-state index in [2.05, 4.69) is 15.0 Å². The van der Waals surface area contributed by atoms with Gasteiger partial charge in [0.15, 0.2) is 0 Å². The molecule has 10 nitrogen and oxygen atoms in total. The van der Waals surface area contributed by atoms with Gasteiger partial charge in [-0.05, 0) is 12.1 Å². The first-order valence-electron chi connectivity index (χ1n) is 7.26. The molecule has 0 saturated heterocycles. The van der Waals surface area contributed by atoms with Gasteiger partial charge in [-0.2, -0.15) is 0 Å². The van der Waals surface area contributed by atoms with Crippen LogP contribution >= 0.6 is 23.2 Å². The van der Waals surface area contributed by atoms with Crippen molar-refractivity contribution >= 4 is 46.7 Å². The monoisotopic (exact) mass is 414 g/mol. The zero-order valence-corrected chi connectivity index (χ0v) is 15.0. The second kappa shape index (κ2) is 9.01. The summed E-state index contributed by atoms with van der Waals surface area (Å²) in [7, 11) is 0. The number of carbonyl (C=O) groups excluding carboxylic acids is 2. The molecule has 0 bridgehead atoms. The Labute approximate surface area is 162 Å². The van der Waals surface area contributed by atoms with Crippen LogP contribution in [0.15, 0.2) is 30.5 Å². The Morgan fingerprint density at radius 1 is 1.26 bits per heavy atom. The molecule has 0 radical (unpaired) electrons. The van der Waals surface area contributed by atoms with Crippen molar-refractivity contribution in [3.8, 4) is 11.5 Å². The number of carbonyl (C=O) groups is 2. The highest BCUT2D eigenvalue weighted by molar-refractivity contribution is 6.44. The van der Waals surface area contributed by atoms with Crippen molar-refractivity contribution in [1.82, 2.24) is 4.98 Å². The second-order valence-electron chi connectivity index (χ2n) is 4.91. The van der Waals surface area contributed by atoms with Crippen LogP contribution in [0.5, 0.6) is 11.5 Å². The number of halogens is 2. The summed E-state index contributed by atoms with van der Waals surface area (Å²) in [5.41, 5.74) is 4.44. The van der Waals surface area contributed by atoms with E-state index in [1.807, 2.05) is 0 Å². The van der Waals surface area contributed by atoms with E-state index in [1.165, 1.54) is 24.4 Å². The van der Waals surface area contributed by atoms with Gasteiger partial charge in [0.1, 0.15) is 34.0 Å². The van der Waals surface area contributed by atoms with Crippen LogP contribution in [-0.2, 0) is 9.53 Å². The van der Waals surface area contributed by atoms with Gasteiger partial charge in [-0.1, -0.05) is 23.2 Å². The van der Waals surface area contributed by atoms with Gasteiger partial charge in [0.25, 0.3) is 5.69 Å². The standard InChI is InChI=1S/C15H12Cl2N4O6/c16-13-9(21(24)25)1-2-10(14(13)17)27-8-3-5-19-11(7-8)20-12(22)4-6-26-15(18)23/h1-3,5,7H,4,6H2,(H2,18,23)(H,19,20,22). The molecule has 2 rings (SSSR count). The van der Waals surface area contributed by atoms with E-state index < -0.39 is 16.9 Å². The van der Waals surface area contributed by atoms with E-state index in [-0.39, 0.29) is 46.1 Å². The number of rotatable bonds is 7. The third-order valence-corrected chi connectivity index (χ3v) is 3.88. The number of nitrogens with two attached hydrogens (primary N) is 1. The molecule has 1 aromatic carbocycles. The summed E-state index contributed by atoms with van der Waals surface area (Å²) in [6, 6.07) is 5.34. The van der Waals surface area contributed by atoms with Gasteiger partial charge in [0.05, 0.1) is 11.3 Å². The lowest BCUT2D eigenvalue weighted by Gasteiger charge is -2.10. The van der Waals surface area contributed by atoms with Gasteiger partial charge >= 0.3 is 6.09 Å². The molecule has 0 atom stereocenters. The number of hydrogen-bond donors (Lipinski definition) is 2. The molecule has 0 unspecified atom stereocenters. The van der Waals surface area contributed by atoms with E-state index in [1.54, 1.807) is 0 Å². The predicted molar refractivity (Wildman–Crippen MR) is 96.2 cm³/mol. The first kappa shape index (κ1) is 20.2. The maximum atomic E-state index is 11.7. The summed E-state index contributed by atoms with van der Waals surface area (Å²) >= 11 is 11.9. The summed E-state index contributed by atoms with van der Waals surface area (Å²) in [4.78, 5) is 36.3. The lowest BCUT2D eigenvalue weighted by atomic mass is 10.3. The SMILES string of the molecule is NC(=O)OCCC(=O)Nc1cc(Oc2ccc([N+](=O)[O-])c(Cl)c2Cl)ccn1. The molecule has 1 aromatic heterocycles. The number of nitro groups is 1. The minimum atomic E-state index is -0.977. The van der Waals surface area contributed by atoms with E-state index in [0.717, 1.165) is 6.07 Å². The van der Waals surface area contributed by atoms with E-state index >= 15 is 0 Å². The third kappa shape index (κ3) is 5.69. The van der Waals surface area contributed by atoms with E-state index in [4.69, 9.17) is 33.7 Å². The van der Waals surface area contributed by atoms with Crippen LogP contribution in [0.2, 0.25) is 10.0 Å². The first-order chi connectivity index (χ1) is 12.8. The zero-order valence-electron chi connectivity index (χ0n) is 13.5. The normalized spacial score (nSPS) is 10.1. The van der Waals surface area contributed by atoms with Gasteiger partial charge in [-0.25, -0.2) is 9.78 Å². The van der Waals surface area contributed by atoms with Crippen molar-refractivity contribution < 1.29 is 24.0 Å². The molecular formula is C15H12Cl2N4O6. The molecular weight excluding hydrogens is 403 g/mol. The summed E-state index contributed by atoms with van der Waals surface area (Å²) in [5, 5.41) is 12.9. The lowest BCUT2D eigenvalue weighted by molar-refractivity contribution is -0.384. The largest absolute Gasteiger partial charge is 0.456 e. The molecule has 0 aliphatic heterocycles. The summed E-state index contributed by atoms with van der Waals surface area (Å²) in [5.74, 6) is 0.0455. The predicted octanol–water partition coefficient (Wildman–Crippen LogP) is 3.51. The Morgan fingerprint density at radius 3 is 2.67 bits per heavy atom. The Morgan fingerprint density at radius 2 is 2.00 bits per heavy atom. The Bertz CT molecular complexity index is 893. The number of ether oxygens (including phenoxy) is 2. The van der Waals surface area contributed by atoms with Gasteiger partial charge in [0.2, 0.25) is 5.91 Å². The van der Waals surface area contributed by atoms with Crippen molar-refractivity contribution in [3.05, 3.63) is 50.6 Å². The number of nitrogens with one attached hydrogen (secondary N) is 1. The zero-order chi connectivity index (χ0) is 20.0. The quantitative estimate of drug-likeness (QED) is 0.519. The highest BCUT2D eigenvalue weighted by atomic mass is 35.5. The van der Waals surface area contributed by atoms with Crippen LogP contribution in [0.25, 0.3) is 0 Å². The number of hydrogen-bond acceptors (Lipinski definition) is 7. The fraction of sp³-hybridized carbons (Fsp3) is 0.133. The molecule has 27 heavy (non-hydrogen) atoms. The van der Waals surface area contributed by atoms with Crippen molar-refractivity contribution in [3.63, 3.8) is 0 Å². The van der Waals surface area contributed by atoms with Crippen LogP contribution in [0.1, 0.15) is 6.42 Å². The molecule has 0 fully saturated rings. The van der Waals surface area contributed by atoms with Gasteiger partial charge in [-0.3, -0.25) is 14.9 Å². The van der Waals surface area contributed by atoms with Crippen molar-refractivity contribution in [2.45, 2.75) is 6.42 Å². The van der Waals surface area contributed by atoms with Crippen molar-refractivity contribution in [1.29, 1.82) is 0 Å². The van der Waals surface area contributed by atoms with Crippen LogP contribution in [0.4, 0.5) is 16.3 Å². The molecule has 142 valence electrons. The molecule has 3 N–H and O–H groups in total. The Hall–Kier alpha value is -3.11. The molecule has 0 aliphatic rings. The first-order valence-corrected chi connectivity index (χ1v) is 8.02. The second-order valence-corrected chi connectivity index (χ2v) is 5.67. The average molecular weight is 415 g/mol. The fourth-order valence-electron chi connectivity index (χ4n) is 1.86.